The number of rotatable bonds is 10. The van der Waals surface area contributed by atoms with E-state index >= 15 is 0 Å². The van der Waals surface area contributed by atoms with Gasteiger partial charge in [-0.05, 0) is 48.7 Å². The Balaban J connectivity index is 2.29. The minimum Gasteiger partial charge on any atom is -0.497 e. The van der Waals surface area contributed by atoms with E-state index in [0.717, 1.165) is 11.3 Å². The molecule has 2 atom stereocenters. The lowest BCUT2D eigenvalue weighted by molar-refractivity contribution is -0.142. The minimum absolute atomic E-state index is 0.0573. The predicted octanol–water partition coefficient (Wildman–Crippen LogP) is 6.32. The Bertz CT molecular complexity index is 885. The van der Waals surface area contributed by atoms with E-state index in [2.05, 4.69) is 0 Å². The summed E-state index contributed by atoms with van der Waals surface area (Å²) in [5.41, 5.74) is 1.67. The molecule has 0 heterocycles. The summed E-state index contributed by atoms with van der Waals surface area (Å²) in [5.74, 6) is 0.208. The fourth-order valence-corrected chi connectivity index (χ4v) is 4.76. The summed E-state index contributed by atoms with van der Waals surface area (Å²) < 4.78 is 9.32. The summed E-state index contributed by atoms with van der Waals surface area (Å²) in [6.45, 7) is 3.88. The van der Waals surface area contributed by atoms with Crippen LogP contribution in [0.25, 0.3) is 0 Å². The first-order valence-corrected chi connectivity index (χ1v) is 11.3. The molecule has 2 rings (SSSR count). The normalized spacial score (nSPS) is 13.9. The van der Waals surface area contributed by atoms with Crippen molar-refractivity contribution < 1.29 is 19.1 Å². The van der Waals surface area contributed by atoms with E-state index < -0.39 is 16.6 Å². The third-order valence-electron chi connectivity index (χ3n) is 5.17. The van der Waals surface area contributed by atoms with Gasteiger partial charge in [0, 0.05) is 15.8 Å². The van der Waals surface area contributed by atoms with Crippen molar-refractivity contribution in [2.75, 3.05) is 14.2 Å². The van der Waals surface area contributed by atoms with E-state index in [-0.39, 0.29) is 12.2 Å². The second-order valence-electron chi connectivity index (χ2n) is 7.08. The number of hydrogen-bond donors (Lipinski definition) is 0. The minimum atomic E-state index is -0.712. The summed E-state index contributed by atoms with van der Waals surface area (Å²) in [4.78, 5) is 25.7. The Morgan fingerprint density at radius 3 is 2.30 bits per heavy atom. The molecule has 0 N–H and O–H groups in total. The Kier molecular flexibility index (Phi) is 9.08. The fourth-order valence-electron chi connectivity index (χ4n) is 3.06. The van der Waals surface area contributed by atoms with Crippen LogP contribution in [0.2, 0.25) is 10.0 Å². The monoisotopic (exact) mass is 468 g/mol. The molecule has 0 saturated carbocycles. The van der Waals surface area contributed by atoms with Crippen LogP contribution in [0.3, 0.4) is 0 Å². The molecule has 4 nitrogen and oxygen atoms in total. The molecule has 7 heteroatoms. The molecule has 0 saturated heterocycles. The van der Waals surface area contributed by atoms with Crippen LogP contribution in [0.1, 0.15) is 43.7 Å². The molecule has 30 heavy (non-hydrogen) atoms. The number of ether oxygens (including phenoxy) is 2. The zero-order valence-electron chi connectivity index (χ0n) is 17.5. The van der Waals surface area contributed by atoms with Crippen LogP contribution in [0.5, 0.6) is 5.75 Å². The van der Waals surface area contributed by atoms with Gasteiger partial charge in [0.1, 0.15) is 5.75 Å². The molecule has 0 aliphatic rings. The fraction of sp³-hybridized carbons (Fsp3) is 0.391. The van der Waals surface area contributed by atoms with E-state index in [1.807, 2.05) is 38.1 Å². The van der Waals surface area contributed by atoms with Gasteiger partial charge < -0.3 is 9.47 Å². The molecule has 0 fully saturated rings. The lowest BCUT2D eigenvalue weighted by Gasteiger charge is -2.31. The van der Waals surface area contributed by atoms with Gasteiger partial charge in [-0.2, -0.15) is 0 Å². The average molecular weight is 469 g/mol. The Hall–Kier alpha value is -1.69. The second kappa shape index (κ2) is 11.1. The first kappa shape index (κ1) is 24.6. The van der Waals surface area contributed by atoms with Gasteiger partial charge in [0.25, 0.3) is 0 Å². The standard InChI is InChI=1S/C23H26Cl2O4S/c1-5-23(2,30-14-15-6-9-17(28-3)10-7-15)22(27)19(13-21(26)29-4)18-11-8-16(24)12-20(18)25/h6-12,19H,5,13-14H2,1-4H3. The third-order valence-corrected chi connectivity index (χ3v) is 7.33. The van der Waals surface area contributed by atoms with Crippen molar-refractivity contribution in [3.8, 4) is 5.75 Å². The zero-order chi connectivity index (χ0) is 22.3. The smallest absolute Gasteiger partial charge is 0.306 e. The number of thioether (sulfide) groups is 1. The number of esters is 1. The molecule has 162 valence electrons. The number of carbonyl (C=O) groups excluding carboxylic acids is 2. The van der Waals surface area contributed by atoms with Gasteiger partial charge in [-0.25, -0.2) is 0 Å². The molecule has 0 spiro atoms. The van der Waals surface area contributed by atoms with E-state index in [9.17, 15) is 9.59 Å². The summed E-state index contributed by atoms with van der Waals surface area (Å²) in [7, 11) is 2.94. The number of Topliss-reactive ketones (excluding diaryl/α,β-unsaturated/α-hetero) is 1. The van der Waals surface area contributed by atoms with Crippen LogP contribution in [0.4, 0.5) is 0 Å². The van der Waals surface area contributed by atoms with Crippen molar-refractivity contribution >= 4 is 46.7 Å². The lowest BCUT2D eigenvalue weighted by Crippen LogP contribution is -2.36. The topological polar surface area (TPSA) is 52.6 Å². The predicted molar refractivity (Wildman–Crippen MR) is 124 cm³/mol. The van der Waals surface area contributed by atoms with Crippen molar-refractivity contribution in [2.45, 2.75) is 43.1 Å². The van der Waals surface area contributed by atoms with Gasteiger partial charge in [0.2, 0.25) is 0 Å². The first-order chi connectivity index (χ1) is 14.2. The highest BCUT2D eigenvalue weighted by Gasteiger charge is 2.39. The van der Waals surface area contributed by atoms with Crippen molar-refractivity contribution in [1.29, 1.82) is 0 Å². The number of benzene rings is 2. The van der Waals surface area contributed by atoms with Crippen molar-refractivity contribution in [2.24, 2.45) is 0 Å². The molecule has 2 aromatic rings. The molecular weight excluding hydrogens is 443 g/mol. The van der Waals surface area contributed by atoms with Crippen molar-refractivity contribution in [3.63, 3.8) is 0 Å². The Morgan fingerprint density at radius 2 is 1.77 bits per heavy atom. The number of hydrogen-bond acceptors (Lipinski definition) is 5. The van der Waals surface area contributed by atoms with E-state index in [4.69, 9.17) is 32.7 Å². The molecule has 0 aromatic heterocycles. The average Bonchev–Trinajstić information content (AvgIpc) is 2.75. The van der Waals surface area contributed by atoms with Gasteiger partial charge in [-0.1, -0.05) is 48.3 Å². The quantitative estimate of drug-likeness (QED) is 0.381. The lowest BCUT2D eigenvalue weighted by atomic mass is 9.84. The van der Waals surface area contributed by atoms with E-state index in [1.165, 1.54) is 7.11 Å². The van der Waals surface area contributed by atoms with Crippen LogP contribution in [0, 0.1) is 0 Å². The zero-order valence-corrected chi connectivity index (χ0v) is 19.9. The van der Waals surface area contributed by atoms with Crippen LogP contribution < -0.4 is 4.74 Å². The van der Waals surface area contributed by atoms with Gasteiger partial charge >= 0.3 is 5.97 Å². The number of ketones is 1. The molecule has 0 bridgehead atoms. The van der Waals surface area contributed by atoms with Crippen molar-refractivity contribution in [1.82, 2.24) is 0 Å². The number of carbonyl (C=O) groups is 2. The maximum absolute atomic E-state index is 13.7. The van der Waals surface area contributed by atoms with Crippen molar-refractivity contribution in [3.05, 3.63) is 63.6 Å². The maximum Gasteiger partial charge on any atom is 0.306 e. The summed E-state index contributed by atoms with van der Waals surface area (Å²) in [6, 6.07) is 12.7. The van der Waals surface area contributed by atoms with E-state index in [1.54, 1.807) is 37.1 Å². The molecule has 0 aliphatic carbocycles. The Morgan fingerprint density at radius 1 is 1.10 bits per heavy atom. The van der Waals surface area contributed by atoms with Gasteiger partial charge in [-0.15, -0.1) is 11.8 Å². The van der Waals surface area contributed by atoms with E-state index in [0.29, 0.717) is 27.8 Å². The highest BCUT2D eigenvalue weighted by molar-refractivity contribution is 8.00. The highest BCUT2D eigenvalue weighted by atomic mass is 35.5. The summed E-state index contributed by atoms with van der Waals surface area (Å²) in [5, 5.41) is 0.837. The molecule has 0 radical (unpaired) electrons. The largest absolute Gasteiger partial charge is 0.497 e. The van der Waals surface area contributed by atoms with Gasteiger partial charge in [-0.3, -0.25) is 9.59 Å². The molecule has 2 aromatic carbocycles. The summed E-state index contributed by atoms with van der Waals surface area (Å²) >= 11 is 14.0. The number of halogens is 2. The maximum atomic E-state index is 13.7. The summed E-state index contributed by atoms with van der Waals surface area (Å²) in [6.07, 6.45) is 0.533. The molecular formula is C23H26Cl2O4S. The SMILES string of the molecule is CCC(C)(SCc1ccc(OC)cc1)C(=O)C(CC(=O)OC)c1ccc(Cl)cc1Cl. The third kappa shape index (κ3) is 6.16. The molecule has 0 aliphatic heterocycles. The molecule has 0 amide bonds. The first-order valence-electron chi connectivity index (χ1n) is 9.57. The van der Waals surface area contributed by atoms with Gasteiger partial charge in [0.15, 0.2) is 5.78 Å². The van der Waals surface area contributed by atoms with Crippen LogP contribution >= 0.6 is 35.0 Å². The van der Waals surface area contributed by atoms with Crippen LogP contribution in [0.15, 0.2) is 42.5 Å². The van der Waals surface area contributed by atoms with Crippen LogP contribution in [-0.4, -0.2) is 30.7 Å². The second-order valence-corrected chi connectivity index (χ2v) is 9.41. The number of methoxy groups -OCH3 is 2. The molecule has 2 unspecified atom stereocenters. The Labute approximate surface area is 192 Å². The highest BCUT2D eigenvalue weighted by Crippen LogP contribution is 2.40. The van der Waals surface area contributed by atoms with Gasteiger partial charge in [0.05, 0.1) is 31.3 Å². The van der Waals surface area contributed by atoms with Crippen LogP contribution in [-0.2, 0) is 20.1 Å².